The number of carboxylic acids is 1. The van der Waals surface area contributed by atoms with Gasteiger partial charge in [0.05, 0.1) is 12.0 Å². The summed E-state index contributed by atoms with van der Waals surface area (Å²) < 4.78 is 0. The predicted octanol–water partition coefficient (Wildman–Crippen LogP) is 0.943. The van der Waals surface area contributed by atoms with Crippen molar-refractivity contribution in [2.45, 2.75) is 19.8 Å². The Bertz CT molecular complexity index is 239. The number of carbonyl (C=O) groups is 1. The molecular weight excluding hydrogens is 180 g/mol. The van der Waals surface area contributed by atoms with Gasteiger partial charge in [-0.05, 0) is 31.8 Å². The second kappa shape index (κ2) is 4.97. The third-order valence-electron chi connectivity index (χ3n) is 2.97. The van der Waals surface area contributed by atoms with E-state index in [0.717, 1.165) is 32.5 Å². The van der Waals surface area contributed by atoms with Crippen molar-refractivity contribution in [3.63, 3.8) is 0 Å². The Kier molecular flexibility index (Phi) is 3.90. The van der Waals surface area contributed by atoms with Gasteiger partial charge in [-0.15, -0.1) is 0 Å². The number of aliphatic carboxylic acids is 1. The van der Waals surface area contributed by atoms with Gasteiger partial charge in [0.25, 0.3) is 0 Å². The fraction of sp³-hybridized carbons (Fsp3) is 0.800. The average Bonchev–Trinajstić information content (AvgIpc) is 2.20. The SMILES string of the molecule is CC#N.O=C(O)C1CN2CCC1CC2. The van der Waals surface area contributed by atoms with Gasteiger partial charge < -0.3 is 10.0 Å². The van der Waals surface area contributed by atoms with Gasteiger partial charge in [-0.2, -0.15) is 5.26 Å². The number of nitriles is 1. The molecule has 4 nitrogen and oxygen atoms in total. The second-order valence-electron chi connectivity index (χ2n) is 3.81. The molecule has 0 amide bonds. The van der Waals surface area contributed by atoms with Gasteiger partial charge in [0.2, 0.25) is 0 Å². The normalized spacial score (nSPS) is 33.9. The maximum absolute atomic E-state index is 10.7. The number of fused-ring (bicyclic) bond motifs is 3. The topological polar surface area (TPSA) is 64.3 Å². The Labute approximate surface area is 84.1 Å². The molecule has 4 heteroatoms. The molecule has 14 heavy (non-hydrogen) atoms. The second-order valence-corrected chi connectivity index (χ2v) is 3.81. The molecule has 0 spiro atoms. The summed E-state index contributed by atoms with van der Waals surface area (Å²) in [7, 11) is 0. The Morgan fingerprint density at radius 3 is 2.21 bits per heavy atom. The molecule has 3 rings (SSSR count). The molecule has 0 saturated carbocycles. The minimum atomic E-state index is -0.598. The first-order chi connectivity index (χ1) is 6.69. The molecule has 3 fully saturated rings. The molecular formula is C10H16N2O2. The van der Waals surface area contributed by atoms with E-state index in [-0.39, 0.29) is 5.92 Å². The van der Waals surface area contributed by atoms with E-state index in [4.69, 9.17) is 10.4 Å². The molecule has 0 aliphatic carbocycles. The lowest BCUT2D eigenvalue weighted by Crippen LogP contribution is -2.49. The van der Waals surface area contributed by atoms with Crippen LogP contribution in [0.4, 0.5) is 0 Å². The summed E-state index contributed by atoms with van der Waals surface area (Å²) >= 11 is 0. The van der Waals surface area contributed by atoms with Crippen LogP contribution in [-0.2, 0) is 4.79 Å². The number of hydrogen-bond acceptors (Lipinski definition) is 3. The Morgan fingerprint density at radius 1 is 1.50 bits per heavy atom. The highest BCUT2D eigenvalue weighted by atomic mass is 16.4. The first kappa shape index (κ1) is 11.0. The Hall–Kier alpha value is -1.08. The van der Waals surface area contributed by atoms with E-state index >= 15 is 0 Å². The van der Waals surface area contributed by atoms with E-state index in [1.165, 1.54) is 6.92 Å². The van der Waals surface area contributed by atoms with Crippen LogP contribution in [0, 0.1) is 23.2 Å². The highest BCUT2D eigenvalue weighted by molar-refractivity contribution is 5.71. The van der Waals surface area contributed by atoms with Gasteiger partial charge in [0, 0.05) is 13.5 Å². The quantitative estimate of drug-likeness (QED) is 0.678. The van der Waals surface area contributed by atoms with Crippen molar-refractivity contribution in [2.24, 2.45) is 11.8 Å². The molecule has 78 valence electrons. The molecule has 0 radical (unpaired) electrons. The summed E-state index contributed by atoms with van der Waals surface area (Å²) in [6.45, 7) is 4.46. The zero-order valence-corrected chi connectivity index (χ0v) is 8.44. The summed E-state index contributed by atoms with van der Waals surface area (Å²) in [4.78, 5) is 13.0. The van der Waals surface area contributed by atoms with Crippen LogP contribution in [0.25, 0.3) is 0 Å². The Morgan fingerprint density at radius 2 is 2.00 bits per heavy atom. The molecule has 0 aromatic rings. The molecule has 3 aliphatic rings. The third-order valence-corrected chi connectivity index (χ3v) is 2.97. The van der Waals surface area contributed by atoms with Crippen molar-refractivity contribution < 1.29 is 9.90 Å². The van der Waals surface area contributed by atoms with Crippen molar-refractivity contribution in [3.05, 3.63) is 0 Å². The van der Waals surface area contributed by atoms with Crippen LogP contribution in [0.3, 0.4) is 0 Å². The molecule has 0 aromatic heterocycles. The first-order valence-electron chi connectivity index (χ1n) is 4.95. The number of nitrogens with zero attached hydrogens (tertiary/aromatic N) is 2. The minimum absolute atomic E-state index is 0.0718. The van der Waals surface area contributed by atoms with Crippen LogP contribution in [-0.4, -0.2) is 35.6 Å². The summed E-state index contributed by atoms with van der Waals surface area (Å²) in [6.07, 6.45) is 2.19. The number of rotatable bonds is 1. The molecule has 1 unspecified atom stereocenters. The summed E-state index contributed by atoms with van der Waals surface area (Å²) in [5.74, 6) is -0.200. The molecule has 3 saturated heterocycles. The lowest BCUT2D eigenvalue weighted by atomic mass is 9.79. The van der Waals surface area contributed by atoms with Gasteiger partial charge >= 0.3 is 5.97 Å². The third kappa shape index (κ3) is 2.46. The molecule has 0 aromatic carbocycles. The smallest absolute Gasteiger partial charge is 0.308 e. The van der Waals surface area contributed by atoms with Crippen LogP contribution >= 0.6 is 0 Å². The highest BCUT2D eigenvalue weighted by Gasteiger charge is 2.37. The van der Waals surface area contributed by atoms with E-state index in [0.29, 0.717) is 5.92 Å². The van der Waals surface area contributed by atoms with Crippen molar-refractivity contribution in [2.75, 3.05) is 19.6 Å². The lowest BCUT2D eigenvalue weighted by molar-refractivity contribution is -0.148. The van der Waals surface area contributed by atoms with Gasteiger partial charge in [-0.1, -0.05) is 0 Å². The lowest BCUT2D eigenvalue weighted by Gasteiger charge is -2.42. The van der Waals surface area contributed by atoms with E-state index < -0.39 is 5.97 Å². The Balaban J connectivity index is 0.000000293. The zero-order valence-electron chi connectivity index (χ0n) is 8.44. The van der Waals surface area contributed by atoms with E-state index in [1.807, 2.05) is 0 Å². The first-order valence-corrected chi connectivity index (χ1v) is 4.95. The minimum Gasteiger partial charge on any atom is -0.481 e. The molecule has 3 heterocycles. The fourth-order valence-electron chi connectivity index (χ4n) is 2.24. The van der Waals surface area contributed by atoms with Crippen LogP contribution < -0.4 is 0 Å². The van der Waals surface area contributed by atoms with Gasteiger partial charge in [0.1, 0.15) is 0 Å². The van der Waals surface area contributed by atoms with Gasteiger partial charge in [0.15, 0.2) is 0 Å². The maximum atomic E-state index is 10.7. The highest BCUT2D eigenvalue weighted by Crippen LogP contribution is 2.32. The fourth-order valence-corrected chi connectivity index (χ4v) is 2.24. The van der Waals surface area contributed by atoms with Crippen molar-refractivity contribution in [1.29, 1.82) is 5.26 Å². The predicted molar refractivity (Wildman–Crippen MR) is 51.6 cm³/mol. The standard InChI is InChI=1S/C8H13NO2.C2H3N/c10-8(11)7-5-9-3-1-6(7)2-4-9;1-2-3/h6-7H,1-5H2,(H,10,11);1H3. The molecule has 2 bridgehead atoms. The van der Waals surface area contributed by atoms with Crippen LogP contribution in [0.15, 0.2) is 0 Å². The number of piperidine rings is 3. The van der Waals surface area contributed by atoms with Crippen LogP contribution in [0.1, 0.15) is 19.8 Å². The summed E-state index contributed by atoms with van der Waals surface area (Å²) in [6, 6.07) is 1.75. The molecule has 1 N–H and O–H groups in total. The van der Waals surface area contributed by atoms with Crippen molar-refractivity contribution in [3.8, 4) is 6.07 Å². The van der Waals surface area contributed by atoms with Gasteiger partial charge in [-0.3, -0.25) is 4.79 Å². The van der Waals surface area contributed by atoms with E-state index in [9.17, 15) is 4.79 Å². The summed E-state index contributed by atoms with van der Waals surface area (Å²) in [5.41, 5.74) is 0. The number of hydrogen-bond donors (Lipinski definition) is 1. The van der Waals surface area contributed by atoms with Crippen molar-refractivity contribution in [1.82, 2.24) is 4.90 Å². The van der Waals surface area contributed by atoms with Crippen molar-refractivity contribution >= 4 is 5.97 Å². The van der Waals surface area contributed by atoms with Crippen LogP contribution in [0.2, 0.25) is 0 Å². The molecule has 1 atom stereocenters. The van der Waals surface area contributed by atoms with Crippen LogP contribution in [0.5, 0.6) is 0 Å². The van der Waals surface area contributed by atoms with Gasteiger partial charge in [-0.25, -0.2) is 0 Å². The van der Waals surface area contributed by atoms with E-state index in [2.05, 4.69) is 4.90 Å². The summed E-state index contributed by atoms with van der Waals surface area (Å²) in [5, 5.41) is 16.2. The monoisotopic (exact) mass is 196 g/mol. The largest absolute Gasteiger partial charge is 0.481 e. The average molecular weight is 196 g/mol. The van der Waals surface area contributed by atoms with E-state index in [1.54, 1.807) is 6.07 Å². The molecule has 3 aliphatic heterocycles. The maximum Gasteiger partial charge on any atom is 0.308 e. The zero-order chi connectivity index (χ0) is 10.6. The number of carboxylic acid groups (broad SMARTS) is 1.